The summed E-state index contributed by atoms with van der Waals surface area (Å²) in [6.07, 6.45) is 3.23. The maximum absolute atomic E-state index is 12.0. The highest BCUT2D eigenvalue weighted by Crippen LogP contribution is 2.29. The molecular weight excluding hydrogens is 368 g/mol. The van der Waals surface area contributed by atoms with Crippen LogP contribution < -0.4 is 10.6 Å². The third kappa shape index (κ3) is 6.54. The quantitative estimate of drug-likeness (QED) is 0.696. The van der Waals surface area contributed by atoms with Crippen molar-refractivity contribution in [2.75, 3.05) is 13.2 Å². The van der Waals surface area contributed by atoms with Gasteiger partial charge in [0.2, 0.25) is 0 Å². The molecule has 148 valence electrons. The second kappa shape index (κ2) is 10.3. The van der Waals surface area contributed by atoms with Gasteiger partial charge in [-0.25, -0.2) is 0 Å². The zero-order valence-electron chi connectivity index (χ0n) is 15.8. The molecule has 6 nitrogen and oxygen atoms in total. The number of hydrogen-bond acceptors (Lipinski definition) is 4. The molecule has 0 saturated heterocycles. The Kier molecular flexibility index (Phi) is 8.10. The molecule has 1 aliphatic carbocycles. The van der Waals surface area contributed by atoms with Crippen molar-refractivity contribution in [2.24, 2.45) is 11.8 Å². The lowest BCUT2D eigenvalue weighted by atomic mass is 9.78. The lowest BCUT2D eigenvalue weighted by Gasteiger charge is -2.34. The number of carbonyl (C=O) groups excluding carboxylic acids is 3. The highest BCUT2D eigenvalue weighted by atomic mass is 35.5. The van der Waals surface area contributed by atoms with Gasteiger partial charge >= 0.3 is 5.97 Å². The molecule has 0 bridgehead atoms. The minimum Gasteiger partial charge on any atom is -0.456 e. The summed E-state index contributed by atoms with van der Waals surface area (Å²) in [5.41, 5.74) is 0.350. The van der Waals surface area contributed by atoms with Crippen molar-refractivity contribution in [1.29, 1.82) is 0 Å². The van der Waals surface area contributed by atoms with E-state index in [4.69, 9.17) is 16.3 Å². The van der Waals surface area contributed by atoms with Crippen molar-refractivity contribution in [3.8, 4) is 0 Å². The first-order valence-electron chi connectivity index (χ1n) is 9.36. The number of hydrogen-bond donors (Lipinski definition) is 2. The molecule has 0 aliphatic heterocycles. The van der Waals surface area contributed by atoms with Crippen LogP contribution in [-0.4, -0.2) is 37.0 Å². The summed E-state index contributed by atoms with van der Waals surface area (Å²) in [6, 6.07) is 6.80. The maximum atomic E-state index is 12.0. The van der Waals surface area contributed by atoms with Crippen molar-refractivity contribution in [1.82, 2.24) is 10.6 Å². The lowest BCUT2D eigenvalue weighted by molar-refractivity contribution is -0.148. The van der Waals surface area contributed by atoms with Gasteiger partial charge in [0.05, 0.1) is 17.0 Å². The van der Waals surface area contributed by atoms with Crippen LogP contribution in [0.5, 0.6) is 0 Å². The summed E-state index contributed by atoms with van der Waals surface area (Å²) in [5, 5.41) is 5.91. The molecule has 2 N–H and O–H groups in total. The van der Waals surface area contributed by atoms with Crippen LogP contribution in [-0.2, 0) is 14.3 Å². The van der Waals surface area contributed by atoms with Crippen molar-refractivity contribution in [3.05, 3.63) is 34.9 Å². The van der Waals surface area contributed by atoms with E-state index in [0.717, 1.165) is 12.8 Å². The van der Waals surface area contributed by atoms with Gasteiger partial charge in [0.1, 0.15) is 0 Å². The van der Waals surface area contributed by atoms with E-state index in [1.54, 1.807) is 24.3 Å². The van der Waals surface area contributed by atoms with Gasteiger partial charge in [0.15, 0.2) is 6.61 Å². The van der Waals surface area contributed by atoms with Gasteiger partial charge < -0.3 is 15.4 Å². The van der Waals surface area contributed by atoms with E-state index in [2.05, 4.69) is 24.5 Å². The molecule has 1 aliphatic rings. The third-order valence-electron chi connectivity index (χ3n) is 5.15. The van der Waals surface area contributed by atoms with Gasteiger partial charge in [-0.3, -0.25) is 14.4 Å². The zero-order valence-corrected chi connectivity index (χ0v) is 16.6. The topological polar surface area (TPSA) is 84.5 Å². The first-order valence-corrected chi connectivity index (χ1v) is 9.74. The van der Waals surface area contributed by atoms with E-state index in [1.807, 2.05) is 0 Å². The molecule has 0 spiro atoms. The summed E-state index contributed by atoms with van der Waals surface area (Å²) in [5.74, 6) is -0.178. The molecule has 1 fully saturated rings. The molecule has 1 aromatic rings. The lowest BCUT2D eigenvalue weighted by Crippen LogP contribution is -2.45. The van der Waals surface area contributed by atoms with Gasteiger partial charge in [0, 0.05) is 12.6 Å². The summed E-state index contributed by atoms with van der Waals surface area (Å²) in [7, 11) is 0. The fourth-order valence-electron chi connectivity index (χ4n) is 3.27. The molecule has 2 amide bonds. The molecule has 2 rings (SSSR count). The number of ether oxygens (including phenoxy) is 1. The minimum atomic E-state index is -0.533. The monoisotopic (exact) mass is 394 g/mol. The molecular formula is C20H27ClN2O4. The number of halogens is 1. The van der Waals surface area contributed by atoms with Crippen LogP contribution in [0.1, 0.15) is 49.9 Å². The van der Waals surface area contributed by atoms with E-state index in [9.17, 15) is 14.4 Å². The van der Waals surface area contributed by atoms with E-state index >= 15 is 0 Å². The van der Waals surface area contributed by atoms with Crippen molar-refractivity contribution < 1.29 is 19.1 Å². The van der Waals surface area contributed by atoms with Crippen molar-refractivity contribution in [2.45, 2.75) is 45.6 Å². The fraction of sp³-hybridized carbons (Fsp3) is 0.550. The molecule has 1 aromatic carbocycles. The molecule has 7 heteroatoms. The van der Waals surface area contributed by atoms with Gasteiger partial charge in [-0.2, -0.15) is 0 Å². The summed E-state index contributed by atoms with van der Waals surface area (Å²) in [6.45, 7) is 4.15. The van der Waals surface area contributed by atoms with Crippen LogP contribution in [0.2, 0.25) is 5.02 Å². The summed E-state index contributed by atoms with van der Waals surface area (Å²) >= 11 is 5.95. The van der Waals surface area contributed by atoms with E-state index in [1.165, 1.54) is 6.42 Å². The SMILES string of the molecule is C[C@@H]1[C@H](C)CCC[C@@H]1NC(=O)COC(=O)CCNC(=O)c1ccccc1Cl. The first-order chi connectivity index (χ1) is 12.9. The zero-order chi connectivity index (χ0) is 19.8. The van der Waals surface area contributed by atoms with E-state index < -0.39 is 5.97 Å². The smallest absolute Gasteiger partial charge is 0.308 e. The number of benzene rings is 1. The molecule has 0 unspecified atom stereocenters. The Balaban J connectivity index is 1.65. The third-order valence-corrected chi connectivity index (χ3v) is 5.48. The van der Waals surface area contributed by atoms with Crippen LogP contribution in [0.15, 0.2) is 24.3 Å². The molecule has 3 atom stereocenters. The van der Waals surface area contributed by atoms with Crippen LogP contribution >= 0.6 is 11.6 Å². The number of esters is 1. The summed E-state index contributed by atoms with van der Waals surface area (Å²) < 4.78 is 4.99. The second-order valence-electron chi connectivity index (χ2n) is 7.09. The van der Waals surface area contributed by atoms with Gasteiger partial charge in [-0.1, -0.05) is 50.4 Å². The average molecular weight is 395 g/mol. The Bertz CT molecular complexity index is 680. The van der Waals surface area contributed by atoms with Crippen LogP contribution in [0.4, 0.5) is 0 Å². The minimum absolute atomic E-state index is 0.0136. The molecule has 0 aromatic heterocycles. The highest BCUT2D eigenvalue weighted by molar-refractivity contribution is 6.33. The normalized spacial score (nSPS) is 22.0. The number of carbonyl (C=O) groups is 3. The van der Waals surface area contributed by atoms with Crippen LogP contribution in [0.3, 0.4) is 0 Å². The van der Waals surface area contributed by atoms with Gasteiger partial charge in [0.25, 0.3) is 11.8 Å². The Labute approximate surface area is 165 Å². The maximum Gasteiger partial charge on any atom is 0.308 e. The largest absolute Gasteiger partial charge is 0.456 e. The number of nitrogens with one attached hydrogen (secondary N) is 2. The first kappa shape index (κ1) is 21.2. The van der Waals surface area contributed by atoms with E-state index in [-0.39, 0.29) is 37.4 Å². The predicted molar refractivity (Wildman–Crippen MR) is 103 cm³/mol. The Hall–Kier alpha value is -2.08. The summed E-state index contributed by atoms with van der Waals surface area (Å²) in [4.78, 5) is 35.7. The van der Waals surface area contributed by atoms with Gasteiger partial charge in [-0.15, -0.1) is 0 Å². The van der Waals surface area contributed by atoms with Crippen LogP contribution in [0.25, 0.3) is 0 Å². The van der Waals surface area contributed by atoms with Crippen molar-refractivity contribution in [3.63, 3.8) is 0 Å². The highest BCUT2D eigenvalue weighted by Gasteiger charge is 2.28. The Morgan fingerprint density at radius 2 is 1.93 bits per heavy atom. The molecule has 0 radical (unpaired) electrons. The van der Waals surface area contributed by atoms with Gasteiger partial charge in [-0.05, 0) is 30.4 Å². The van der Waals surface area contributed by atoms with E-state index in [0.29, 0.717) is 22.4 Å². The average Bonchev–Trinajstić information content (AvgIpc) is 2.64. The Morgan fingerprint density at radius 1 is 1.19 bits per heavy atom. The Morgan fingerprint density at radius 3 is 2.67 bits per heavy atom. The molecule has 27 heavy (non-hydrogen) atoms. The number of amides is 2. The van der Waals surface area contributed by atoms with Crippen molar-refractivity contribution >= 4 is 29.4 Å². The second-order valence-corrected chi connectivity index (χ2v) is 7.49. The number of rotatable bonds is 7. The van der Waals surface area contributed by atoms with Crippen LogP contribution in [0, 0.1) is 11.8 Å². The fourth-order valence-corrected chi connectivity index (χ4v) is 3.49. The molecule has 1 saturated carbocycles. The molecule has 0 heterocycles. The standard InChI is InChI=1S/C20H27ClN2O4/c1-13-6-5-9-17(14(13)2)23-18(24)12-27-19(25)10-11-22-20(26)15-7-3-4-8-16(15)21/h3-4,7-8,13-14,17H,5-6,9-12H2,1-2H3,(H,22,26)(H,23,24)/t13-,14-,17+/m1/s1. The predicted octanol–water partition coefficient (Wildman–Crippen LogP) is 2.94.